The number of carbonyl (C=O) groups excluding carboxylic acids is 1. The molecule has 4 heteroatoms. The Labute approximate surface area is 102 Å². The van der Waals surface area contributed by atoms with Crippen molar-refractivity contribution >= 4 is 5.97 Å². The minimum Gasteiger partial charge on any atom is -0.465 e. The number of nitrogens with one attached hydrogen (secondary N) is 1. The average molecular weight is 239 g/mol. The van der Waals surface area contributed by atoms with Gasteiger partial charge in [-0.25, -0.2) is 0 Å². The van der Waals surface area contributed by atoms with E-state index < -0.39 is 5.60 Å². The largest absolute Gasteiger partial charge is 0.465 e. The zero-order valence-corrected chi connectivity index (χ0v) is 11.2. The van der Waals surface area contributed by atoms with Gasteiger partial charge in [-0.3, -0.25) is 10.1 Å². The molecule has 0 aromatic carbocycles. The summed E-state index contributed by atoms with van der Waals surface area (Å²) < 4.78 is 10.7. The maximum Gasteiger partial charge on any atom is 0.323 e. The maximum absolute atomic E-state index is 11.7. The van der Waals surface area contributed by atoms with Crippen LogP contribution in [0.15, 0.2) is 16.5 Å². The van der Waals surface area contributed by atoms with E-state index in [0.717, 1.165) is 11.5 Å². The molecule has 0 saturated heterocycles. The summed E-state index contributed by atoms with van der Waals surface area (Å²) in [6.45, 7) is 9.76. The third-order valence-electron chi connectivity index (χ3n) is 2.14. The Morgan fingerprint density at radius 2 is 2.12 bits per heavy atom. The first kappa shape index (κ1) is 13.8. The maximum atomic E-state index is 11.7. The van der Waals surface area contributed by atoms with E-state index in [1.807, 2.05) is 39.8 Å². The Morgan fingerprint density at radius 3 is 2.59 bits per heavy atom. The monoisotopic (exact) mass is 239 g/mol. The average Bonchev–Trinajstić information content (AvgIpc) is 2.58. The van der Waals surface area contributed by atoms with Crippen LogP contribution in [0.3, 0.4) is 0 Å². The lowest BCUT2D eigenvalue weighted by Gasteiger charge is -2.22. The summed E-state index contributed by atoms with van der Waals surface area (Å²) in [6.07, 6.45) is 0. The molecule has 0 bridgehead atoms. The summed E-state index contributed by atoms with van der Waals surface area (Å²) >= 11 is 0. The van der Waals surface area contributed by atoms with E-state index in [1.165, 1.54) is 0 Å². The summed E-state index contributed by atoms with van der Waals surface area (Å²) in [5.74, 6) is 1.44. The third kappa shape index (κ3) is 5.04. The van der Waals surface area contributed by atoms with Crippen LogP contribution in [-0.2, 0) is 16.1 Å². The van der Waals surface area contributed by atoms with Crippen LogP contribution >= 0.6 is 0 Å². The highest BCUT2D eigenvalue weighted by Gasteiger charge is 2.21. The minimum atomic E-state index is -0.450. The molecule has 0 aliphatic carbocycles. The molecule has 1 atom stereocenters. The molecule has 1 aromatic heterocycles. The van der Waals surface area contributed by atoms with Gasteiger partial charge >= 0.3 is 5.97 Å². The van der Waals surface area contributed by atoms with Crippen LogP contribution in [0.5, 0.6) is 0 Å². The van der Waals surface area contributed by atoms with E-state index in [-0.39, 0.29) is 12.0 Å². The van der Waals surface area contributed by atoms with Crippen molar-refractivity contribution in [3.05, 3.63) is 23.7 Å². The molecular formula is C13H21NO3. The van der Waals surface area contributed by atoms with E-state index >= 15 is 0 Å². The standard InChI is InChI=1S/C13H21NO3/c1-9-6-7-11(16-9)8-14-10(2)12(15)17-13(3,4)5/h6-7,10,14H,8H2,1-5H3. The van der Waals surface area contributed by atoms with E-state index in [9.17, 15) is 4.79 Å². The molecule has 0 saturated carbocycles. The van der Waals surface area contributed by atoms with Crippen molar-refractivity contribution in [3.8, 4) is 0 Å². The lowest BCUT2D eigenvalue weighted by Crippen LogP contribution is -2.38. The fourth-order valence-electron chi connectivity index (χ4n) is 1.31. The van der Waals surface area contributed by atoms with Crippen molar-refractivity contribution in [2.45, 2.75) is 52.8 Å². The van der Waals surface area contributed by atoms with Crippen LogP contribution in [0.25, 0.3) is 0 Å². The second kappa shape index (κ2) is 5.36. The molecule has 0 fully saturated rings. The fourth-order valence-corrected chi connectivity index (χ4v) is 1.31. The van der Waals surface area contributed by atoms with Gasteiger partial charge in [0.15, 0.2) is 0 Å². The number of aryl methyl sites for hydroxylation is 1. The molecule has 4 nitrogen and oxygen atoms in total. The highest BCUT2D eigenvalue weighted by molar-refractivity contribution is 5.75. The van der Waals surface area contributed by atoms with Gasteiger partial charge in [-0.2, -0.15) is 0 Å². The molecule has 1 heterocycles. The Kier molecular flexibility index (Phi) is 4.34. The van der Waals surface area contributed by atoms with Gasteiger partial charge in [0.2, 0.25) is 0 Å². The number of rotatable bonds is 4. The Morgan fingerprint density at radius 1 is 1.47 bits per heavy atom. The molecule has 0 aliphatic heterocycles. The SMILES string of the molecule is Cc1ccc(CNC(C)C(=O)OC(C)(C)C)o1. The molecule has 1 aromatic rings. The zero-order chi connectivity index (χ0) is 13.1. The number of hydrogen-bond donors (Lipinski definition) is 1. The molecule has 0 amide bonds. The van der Waals surface area contributed by atoms with Gasteiger partial charge in [0, 0.05) is 0 Å². The van der Waals surface area contributed by atoms with Crippen LogP contribution in [0.4, 0.5) is 0 Å². The first-order valence-electron chi connectivity index (χ1n) is 5.79. The van der Waals surface area contributed by atoms with Crippen LogP contribution in [0.1, 0.15) is 39.2 Å². The summed E-state index contributed by atoms with van der Waals surface area (Å²) in [5, 5.41) is 3.07. The summed E-state index contributed by atoms with van der Waals surface area (Å²) in [5.41, 5.74) is -0.450. The number of furan rings is 1. The van der Waals surface area contributed by atoms with E-state index in [0.29, 0.717) is 6.54 Å². The molecule has 0 radical (unpaired) electrons. The van der Waals surface area contributed by atoms with Crippen molar-refractivity contribution in [3.63, 3.8) is 0 Å². The van der Waals surface area contributed by atoms with Gasteiger partial charge in [-0.1, -0.05) is 0 Å². The van der Waals surface area contributed by atoms with E-state index in [4.69, 9.17) is 9.15 Å². The van der Waals surface area contributed by atoms with Gasteiger partial charge in [0.25, 0.3) is 0 Å². The molecular weight excluding hydrogens is 218 g/mol. The molecule has 1 unspecified atom stereocenters. The number of ether oxygens (including phenoxy) is 1. The van der Waals surface area contributed by atoms with Gasteiger partial charge < -0.3 is 9.15 Å². The predicted molar refractivity (Wildman–Crippen MR) is 65.6 cm³/mol. The smallest absolute Gasteiger partial charge is 0.323 e. The normalized spacial score (nSPS) is 13.5. The Hall–Kier alpha value is -1.29. The van der Waals surface area contributed by atoms with Crippen LogP contribution in [0, 0.1) is 6.92 Å². The fraction of sp³-hybridized carbons (Fsp3) is 0.615. The molecule has 1 rings (SSSR count). The van der Waals surface area contributed by atoms with Gasteiger partial charge in [-0.05, 0) is 46.8 Å². The lowest BCUT2D eigenvalue weighted by atomic mass is 10.2. The number of carbonyl (C=O) groups is 1. The second-order valence-electron chi connectivity index (χ2n) is 5.15. The van der Waals surface area contributed by atoms with Gasteiger partial charge in [-0.15, -0.1) is 0 Å². The predicted octanol–water partition coefficient (Wildman–Crippen LogP) is 2.41. The topological polar surface area (TPSA) is 51.5 Å². The summed E-state index contributed by atoms with van der Waals surface area (Å²) in [4.78, 5) is 11.7. The van der Waals surface area contributed by atoms with Crippen molar-refractivity contribution in [1.29, 1.82) is 0 Å². The van der Waals surface area contributed by atoms with Crippen LogP contribution < -0.4 is 5.32 Å². The second-order valence-corrected chi connectivity index (χ2v) is 5.15. The molecule has 96 valence electrons. The first-order valence-corrected chi connectivity index (χ1v) is 5.79. The molecule has 0 spiro atoms. The minimum absolute atomic E-state index is 0.249. The number of esters is 1. The molecule has 1 N–H and O–H groups in total. The number of hydrogen-bond acceptors (Lipinski definition) is 4. The van der Waals surface area contributed by atoms with Crippen molar-refractivity contribution in [1.82, 2.24) is 5.32 Å². The first-order chi connectivity index (χ1) is 7.78. The van der Waals surface area contributed by atoms with E-state index in [1.54, 1.807) is 6.92 Å². The highest BCUT2D eigenvalue weighted by Crippen LogP contribution is 2.09. The quantitative estimate of drug-likeness (QED) is 0.820. The highest BCUT2D eigenvalue weighted by atomic mass is 16.6. The van der Waals surface area contributed by atoms with Crippen molar-refractivity contribution in [2.75, 3.05) is 0 Å². The van der Waals surface area contributed by atoms with Crippen LogP contribution in [-0.4, -0.2) is 17.6 Å². The Bertz CT molecular complexity index is 376. The Balaban J connectivity index is 2.39. The van der Waals surface area contributed by atoms with Gasteiger partial charge in [0.05, 0.1) is 6.54 Å². The van der Waals surface area contributed by atoms with Crippen LogP contribution in [0.2, 0.25) is 0 Å². The molecule has 17 heavy (non-hydrogen) atoms. The van der Waals surface area contributed by atoms with Crippen molar-refractivity contribution < 1.29 is 13.9 Å². The lowest BCUT2D eigenvalue weighted by molar-refractivity contribution is -0.157. The summed E-state index contributed by atoms with van der Waals surface area (Å²) in [6, 6.07) is 3.44. The zero-order valence-electron chi connectivity index (χ0n) is 11.2. The molecule has 0 aliphatic rings. The summed E-state index contributed by atoms with van der Waals surface area (Å²) in [7, 11) is 0. The van der Waals surface area contributed by atoms with Crippen molar-refractivity contribution in [2.24, 2.45) is 0 Å². The third-order valence-corrected chi connectivity index (χ3v) is 2.14. The van der Waals surface area contributed by atoms with Gasteiger partial charge in [0.1, 0.15) is 23.2 Å². The van der Waals surface area contributed by atoms with E-state index in [2.05, 4.69) is 5.32 Å².